The number of aromatic nitrogens is 1. The summed E-state index contributed by atoms with van der Waals surface area (Å²) in [6, 6.07) is 15.8. The van der Waals surface area contributed by atoms with Crippen molar-refractivity contribution in [3.8, 4) is 0 Å². The average Bonchev–Trinajstić information content (AvgIpc) is 3.04. The molecule has 0 radical (unpaired) electrons. The molecule has 3 aromatic rings. The van der Waals surface area contributed by atoms with Crippen LogP contribution < -0.4 is 5.32 Å². The van der Waals surface area contributed by atoms with Crippen LogP contribution in [0.25, 0.3) is 10.9 Å². The summed E-state index contributed by atoms with van der Waals surface area (Å²) in [5, 5.41) is 3.80. The van der Waals surface area contributed by atoms with Crippen LogP contribution in [0.1, 0.15) is 29.8 Å². The molecule has 1 N–H and O–H groups in total. The summed E-state index contributed by atoms with van der Waals surface area (Å²) in [5.41, 5.74) is 0.822. The van der Waals surface area contributed by atoms with Gasteiger partial charge in [-0.25, -0.2) is 4.39 Å². The lowest BCUT2D eigenvalue weighted by Crippen LogP contribution is -2.57. The van der Waals surface area contributed by atoms with Crippen molar-refractivity contribution in [2.45, 2.75) is 25.8 Å². The topological polar surface area (TPSA) is 71.5 Å². The molecule has 0 bridgehead atoms. The van der Waals surface area contributed by atoms with Gasteiger partial charge in [-0.2, -0.15) is 0 Å². The Hall–Kier alpha value is -3.32. The molecule has 0 aliphatic carbocycles. The second-order valence-electron chi connectivity index (χ2n) is 8.94. The van der Waals surface area contributed by atoms with Crippen LogP contribution in [0, 0.1) is 11.7 Å². The number of benzene rings is 2. The smallest absolute Gasteiger partial charge is 0.255 e. The van der Waals surface area contributed by atoms with E-state index >= 15 is 0 Å². The number of nitrogens with zero attached hydrogens (tertiary/aromatic N) is 2. The third-order valence-corrected chi connectivity index (χ3v) is 5.95. The molecule has 4 rings (SSSR count). The van der Waals surface area contributed by atoms with E-state index in [9.17, 15) is 14.0 Å². The lowest BCUT2D eigenvalue weighted by atomic mass is 9.95. The van der Waals surface area contributed by atoms with Crippen LogP contribution in [0.5, 0.6) is 0 Å². The van der Waals surface area contributed by atoms with E-state index in [1.807, 2.05) is 18.2 Å². The SMILES string of the molecule is CC(C)(NC(=O)c1ccccc1F)C(=O)N1CCOC[C@@H](Cc2cccc3ncccc23)C1. The van der Waals surface area contributed by atoms with Gasteiger partial charge in [0.2, 0.25) is 5.91 Å². The largest absolute Gasteiger partial charge is 0.379 e. The molecule has 0 unspecified atom stereocenters. The predicted octanol–water partition coefficient (Wildman–Crippen LogP) is 3.60. The number of ether oxygens (including phenoxy) is 1. The van der Waals surface area contributed by atoms with Crippen molar-refractivity contribution in [1.29, 1.82) is 0 Å². The molecule has 0 spiro atoms. The fourth-order valence-corrected chi connectivity index (χ4v) is 4.29. The third-order valence-electron chi connectivity index (χ3n) is 5.95. The molecule has 7 heteroatoms. The van der Waals surface area contributed by atoms with Crippen LogP contribution in [-0.4, -0.2) is 53.5 Å². The first-order chi connectivity index (χ1) is 15.8. The minimum Gasteiger partial charge on any atom is -0.379 e. The normalized spacial score (nSPS) is 16.9. The van der Waals surface area contributed by atoms with E-state index in [4.69, 9.17) is 4.74 Å². The van der Waals surface area contributed by atoms with E-state index in [2.05, 4.69) is 22.4 Å². The van der Waals surface area contributed by atoms with Gasteiger partial charge in [0.25, 0.3) is 5.91 Å². The molecule has 1 atom stereocenters. The summed E-state index contributed by atoms with van der Waals surface area (Å²) < 4.78 is 19.8. The number of pyridine rings is 1. The number of carbonyl (C=O) groups is 2. The van der Waals surface area contributed by atoms with E-state index in [1.165, 1.54) is 18.2 Å². The van der Waals surface area contributed by atoms with Crippen LogP contribution in [0.2, 0.25) is 0 Å². The minimum absolute atomic E-state index is 0.0833. The van der Waals surface area contributed by atoms with Crippen LogP contribution in [0.15, 0.2) is 60.8 Å². The van der Waals surface area contributed by atoms with Gasteiger partial charge < -0.3 is 15.0 Å². The van der Waals surface area contributed by atoms with E-state index in [0.717, 1.165) is 22.9 Å². The van der Waals surface area contributed by atoms with E-state index < -0.39 is 17.3 Å². The molecule has 2 heterocycles. The van der Waals surface area contributed by atoms with E-state index in [1.54, 1.807) is 31.0 Å². The quantitative estimate of drug-likeness (QED) is 0.646. The van der Waals surface area contributed by atoms with Gasteiger partial charge in [0, 0.05) is 30.6 Å². The summed E-state index contributed by atoms with van der Waals surface area (Å²) in [7, 11) is 0. The second-order valence-corrected chi connectivity index (χ2v) is 8.94. The van der Waals surface area contributed by atoms with Gasteiger partial charge in [-0.1, -0.05) is 30.3 Å². The molecule has 1 fully saturated rings. The van der Waals surface area contributed by atoms with Crippen molar-refractivity contribution in [2.24, 2.45) is 5.92 Å². The van der Waals surface area contributed by atoms with Gasteiger partial charge in [-0.3, -0.25) is 14.6 Å². The van der Waals surface area contributed by atoms with Crippen molar-refractivity contribution in [2.75, 3.05) is 26.3 Å². The van der Waals surface area contributed by atoms with Crippen molar-refractivity contribution < 1.29 is 18.7 Å². The summed E-state index contributed by atoms with van der Waals surface area (Å²) >= 11 is 0. The molecule has 33 heavy (non-hydrogen) atoms. The molecule has 172 valence electrons. The third kappa shape index (κ3) is 5.20. The minimum atomic E-state index is -1.20. The zero-order chi connectivity index (χ0) is 23.4. The van der Waals surface area contributed by atoms with Crippen LogP contribution in [0.3, 0.4) is 0 Å². The molecular weight excluding hydrogens is 421 g/mol. The van der Waals surface area contributed by atoms with Gasteiger partial charge in [0.05, 0.1) is 24.3 Å². The Labute approximate surface area is 192 Å². The first kappa shape index (κ1) is 22.9. The van der Waals surface area contributed by atoms with Gasteiger partial charge in [-0.15, -0.1) is 0 Å². The first-order valence-corrected chi connectivity index (χ1v) is 11.1. The molecule has 2 aromatic carbocycles. The zero-order valence-corrected chi connectivity index (χ0v) is 18.9. The van der Waals surface area contributed by atoms with Crippen LogP contribution >= 0.6 is 0 Å². The molecule has 6 nitrogen and oxygen atoms in total. The number of halogens is 1. The number of fused-ring (bicyclic) bond motifs is 1. The highest BCUT2D eigenvalue weighted by atomic mass is 19.1. The van der Waals surface area contributed by atoms with Crippen molar-refractivity contribution in [1.82, 2.24) is 15.2 Å². The molecule has 1 saturated heterocycles. The second kappa shape index (κ2) is 9.67. The maximum absolute atomic E-state index is 14.0. The highest BCUT2D eigenvalue weighted by Crippen LogP contribution is 2.22. The van der Waals surface area contributed by atoms with Crippen LogP contribution in [-0.2, 0) is 16.0 Å². The fourth-order valence-electron chi connectivity index (χ4n) is 4.29. The Kier molecular flexibility index (Phi) is 6.70. The molecule has 1 aromatic heterocycles. The Bertz CT molecular complexity index is 1160. The van der Waals surface area contributed by atoms with E-state index in [0.29, 0.717) is 26.3 Å². The number of hydrogen-bond acceptors (Lipinski definition) is 4. The van der Waals surface area contributed by atoms with Gasteiger partial charge >= 0.3 is 0 Å². The van der Waals surface area contributed by atoms with Gasteiger partial charge in [-0.05, 0) is 50.1 Å². The maximum atomic E-state index is 14.0. The number of rotatable bonds is 5. The highest BCUT2D eigenvalue weighted by Gasteiger charge is 2.36. The molecule has 1 aliphatic heterocycles. The molecular formula is C26H28FN3O3. The summed E-state index contributed by atoms with van der Waals surface area (Å²) in [6.07, 6.45) is 2.52. The molecule has 1 aliphatic rings. The highest BCUT2D eigenvalue weighted by molar-refractivity contribution is 5.99. The van der Waals surface area contributed by atoms with Gasteiger partial charge in [0.15, 0.2) is 0 Å². The Morgan fingerprint density at radius 1 is 1.15 bits per heavy atom. The first-order valence-electron chi connectivity index (χ1n) is 11.1. The van der Waals surface area contributed by atoms with Crippen molar-refractivity contribution in [3.05, 3.63) is 77.7 Å². The summed E-state index contributed by atoms with van der Waals surface area (Å²) in [4.78, 5) is 32.2. The molecule has 2 amide bonds. The van der Waals surface area contributed by atoms with E-state index in [-0.39, 0.29) is 17.4 Å². The number of nitrogens with one attached hydrogen (secondary N) is 1. The predicted molar refractivity (Wildman–Crippen MR) is 124 cm³/mol. The standard InChI is InChI=1S/C26H28FN3O3/c1-26(2,29-24(31)21-8-3-4-10-22(21)27)25(32)30-13-14-33-17-18(16-30)15-19-7-5-11-23-20(19)9-6-12-28-23/h3-12,18H,13-17H2,1-2H3,(H,29,31)/t18-/m0/s1. The zero-order valence-electron chi connectivity index (χ0n) is 18.9. The average molecular weight is 450 g/mol. The number of carbonyl (C=O) groups excluding carboxylic acids is 2. The molecule has 0 saturated carbocycles. The number of hydrogen-bond donors (Lipinski definition) is 1. The Morgan fingerprint density at radius 3 is 2.79 bits per heavy atom. The Balaban J connectivity index is 1.47. The van der Waals surface area contributed by atoms with Crippen molar-refractivity contribution >= 4 is 22.7 Å². The summed E-state index contributed by atoms with van der Waals surface area (Å²) in [5.74, 6) is -1.36. The summed E-state index contributed by atoms with van der Waals surface area (Å²) in [6.45, 7) is 5.20. The Morgan fingerprint density at radius 2 is 1.97 bits per heavy atom. The number of amides is 2. The maximum Gasteiger partial charge on any atom is 0.255 e. The monoisotopic (exact) mass is 449 g/mol. The fraction of sp³-hybridized carbons (Fsp3) is 0.346. The lowest BCUT2D eigenvalue weighted by molar-refractivity contribution is -0.137. The van der Waals surface area contributed by atoms with Crippen LogP contribution in [0.4, 0.5) is 4.39 Å². The van der Waals surface area contributed by atoms with Crippen molar-refractivity contribution in [3.63, 3.8) is 0 Å². The lowest BCUT2D eigenvalue weighted by Gasteiger charge is -2.33. The van der Waals surface area contributed by atoms with Gasteiger partial charge in [0.1, 0.15) is 11.4 Å².